The molecule has 2 atom stereocenters. The molecule has 1 unspecified atom stereocenters. The van der Waals surface area contributed by atoms with Crippen LogP contribution in [0.5, 0.6) is 0 Å². The van der Waals surface area contributed by atoms with Gasteiger partial charge in [0.05, 0.1) is 12.1 Å². The minimum Gasteiger partial charge on any atom is -0.447 e. The average molecular weight is 405 g/mol. The molecule has 3 rings (SSSR count). The van der Waals surface area contributed by atoms with Crippen LogP contribution in [0.3, 0.4) is 0 Å². The molecule has 1 N–H and O–H groups in total. The number of hydrogen-bond donors (Lipinski definition) is 1. The molecule has 7 heteroatoms. The van der Waals surface area contributed by atoms with Crippen LogP contribution < -0.4 is 10.2 Å². The first-order valence-electron chi connectivity index (χ1n) is 8.26. The Balaban J connectivity index is 1.79. The van der Waals surface area contributed by atoms with Gasteiger partial charge in [-0.1, -0.05) is 41.9 Å². The van der Waals surface area contributed by atoms with E-state index in [1.165, 1.54) is 0 Å². The average Bonchev–Trinajstić information content (AvgIpc) is 2.97. The Labute approximate surface area is 155 Å². The van der Waals surface area contributed by atoms with Crippen molar-refractivity contribution in [1.29, 1.82) is 0 Å². The van der Waals surface area contributed by atoms with Crippen molar-refractivity contribution in [2.75, 3.05) is 16.8 Å². The van der Waals surface area contributed by atoms with Crippen molar-refractivity contribution in [3.8, 4) is 0 Å². The summed E-state index contributed by atoms with van der Waals surface area (Å²) in [6.45, 7) is 6.56. The lowest BCUT2D eigenvalue weighted by Gasteiger charge is -2.23. The molecule has 1 aliphatic heterocycles. The van der Waals surface area contributed by atoms with Gasteiger partial charge in [0.2, 0.25) is 5.95 Å². The van der Waals surface area contributed by atoms with Crippen LogP contribution in [-0.4, -0.2) is 28.7 Å². The number of carbonyl (C=O) groups excluding carboxylic acids is 1. The SMILES string of the molecule is CC(C)C1COC(=O)N1c1ccnc(N[C@H](C)c2ccc(Br)cc2)n1. The smallest absolute Gasteiger partial charge is 0.415 e. The second kappa shape index (κ2) is 7.39. The fraction of sp³-hybridized carbons (Fsp3) is 0.389. The monoisotopic (exact) mass is 404 g/mol. The highest BCUT2D eigenvalue weighted by Gasteiger charge is 2.37. The molecular formula is C18H21BrN4O2. The summed E-state index contributed by atoms with van der Waals surface area (Å²) in [6.07, 6.45) is 1.30. The van der Waals surface area contributed by atoms with Crippen molar-refractivity contribution in [2.24, 2.45) is 5.92 Å². The molecule has 2 heterocycles. The second-order valence-corrected chi connectivity index (χ2v) is 7.33. The number of anilines is 2. The van der Waals surface area contributed by atoms with Crippen LogP contribution in [0, 0.1) is 5.92 Å². The summed E-state index contributed by atoms with van der Waals surface area (Å²) < 4.78 is 6.23. The third-order valence-electron chi connectivity index (χ3n) is 4.28. The van der Waals surface area contributed by atoms with Gasteiger partial charge in [-0.15, -0.1) is 0 Å². The number of carbonyl (C=O) groups is 1. The lowest BCUT2D eigenvalue weighted by molar-refractivity contribution is 0.177. The van der Waals surface area contributed by atoms with E-state index in [2.05, 4.69) is 45.1 Å². The van der Waals surface area contributed by atoms with E-state index in [4.69, 9.17) is 4.74 Å². The minimum atomic E-state index is -0.357. The van der Waals surface area contributed by atoms with Crippen LogP contribution in [-0.2, 0) is 4.74 Å². The molecule has 0 saturated carbocycles. The largest absolute Gasteiger partial charge is 0.447 e. The summed E-state index contributed by atoms with van der Waals surface area (Å²) in [5, 5.41) is 3.28. The van der Waals surface area contributed by atoms with Gasteiger partial charge in [-0.3, -0.25) is 4.90 Å². The standard InChI is InChI=1S/C18H21BrN4O2/c1-11(2)15-10-25-18(24)23(15)16-8-9-20-17(22-16)21-12(3)13-4-6-14(19)7-5-13/h4-9,11-12,15H,10H2,1-3H3,(H,20,21,22)/t12-,15?/m1/s1. The van der Waals surface area contributed by atoms with Gasteiger partial charge in [0.15, 0.2) is 0 Å². The zero-order valence-corrected chi connectivity index (χ0v) is 16.0. The number of aromatic nitrogens is 2. The minimum absolute atomic E-state index is 0.0147. The normalized spacial score (nSPS) is 18.4. The first kappa shape index (κ1) is 17.7. The Bertz CT molecular complexity index is 751. The van der Waals surface area contributed by atoms with Crippen LogP contribution in [0.2, 0.25) is 0 Å². The maximum atomic E-state index is 12.1. The first-order valence-corrected chi connectivity index (χ1v) is 9.06. The number of hydrogen-bond acceptors (Lipinski definition) is 5. The lowest BCUT2D eigenvalue weighted by Crippen LogP contribution is -2.37. The summed E-state index contributed by atoms with van der Waals surface area (Å²) >= 11 is 3.44. The predicted octanol–water partition coefficient (Wildman–Crippen LogP) is 4.39. The maximum absolute atomic E-state index is 12.1. The molecule has 25 heavy (non-hydrogen) atoms. The summed E-state index contributed by atoms with van der Waals surface area (Å²) in [5.41, 5.74) is 1.12. The molecule has 1 saturated heterocycles. The van der Waals surface area contributed by atoms with Gasteiger partial charge in [-0.25, -0.2) is 9.78 Å². The number of benzene rings is 1. The Hall–Kier alpha value is -2.15. The van der Waals surface area contributed by atoms with Crippen molar-refractivity contribution in [1.82, 2.24) is 9.97 Å². The van der Waals surface area contributed by atoms with E-state index in [0.717, 1.165) is 10.0 Å². The maximum Gasteiger partial charge on any atom is 0.415 e. The van der Waals surface area contributed by atoms with E-state index in [9.17, 15) is 4.79 Å². The summed E-state index contributed by atoms with van der Waals surface area (Å²) in [5.74, 6) is 1.32. The summed E-state index contributed by atoms with van der Waals surface area (Å²) in [7, 11) is 0. The Morgan fingerprint density at radius 1 is 1.24 bits per heavy atom. The van der Waals surface area contributed by atoms with Crippen LogP contribution in [0.15, 0.2) is 41.0 Å². The summed E-state index contributed by atoms with van der Waals surface area (Å²) in [6, 6.07) is 9.83. The Morgan fingerprint density at radius 3 is 2.64 bits per heavy atom. The molecule has 0 bridgehead atoms. The van der Waals surface area contributed by atoms with Gasteiger partial charge in [0, 0.05) is 10.7 Å². The van der Waals surface area contributed by atoms with Gasteiger partial charge in [0.1, 0.15) is 12.4 Å². The van der Waals surface area contributed by atoms with Gasteiger partial charge in [0.25, 0.3) is 0 Å². The molecule has 1 aromatic carbocycles. The molecule has 1 amide bonds. The molecule has 1 aromatic heterocycles. The third-order valence-corrected chi connectivity index (χ3v) is 4.81. The quantitative estimate of drug-likeness (QED) is 0.799. The molecule has 0 aliphatic carbocycles. The van der Waals surface area contributed by atoms with Crippen molar-refractivity contribution in [3.63, 3.8) is 0 Å². The van der Waals surface area contributed by atoms with E-state index in [1.54, 1.807) is 17.2 Å². The molecular weight excluding hydrogens is 384 g/mol. The zero-order chi connectivity index (χ0) is 18.0. The van der Waals surface area contributed by atoms with E-state index in [1.807, 2.05) is 31.2 Å². The highest BCUT2D eigenvalue weighted by Crippen LogP contribution is 2.26. The van der Waals surface area contributed by atoms with E-state index < -0.39 is 0 Å². The van der Waals surface area contributed by atoms with Gasteiger partial charge < -0.3 is 10.1 Å². The number of nitrogens with zero attached hydrogens (tertiary/aromatic N) is 3. The number of amides is 1. The second-order valence-electron chi connectivity index (χ2n) is 6.41. The molecule has 0 radical (unpaired) electrons. The fourth-order valence-electron chi connectivity index (χ4n) is 2.77. The number of halogens is 1. The third kappa shape index (κ3) is 3.92. The van der Waals surface area contributed by atoms with Crippen LogP contribution in [0.25, 0.3) is 0 Å². The van der Waals surface area contributed by atoms with E-state index in [0.29, 0.717) is 18.4 Å². The number of cyclic esters (lactones) is 1. The highest BCUT2D eigenvalue weighted by molar-refractivity contribution is 9.10. The molecule has 1 fully saturated rings. The van der Waals surface area contributed by atoms with Crippen molar-refractivity contribution in [3.05, 3.63) is 46.6 Å². The van der Waals surface area contributed by atoms with Crippen molar-refractivity contribution < 1.29 is 9.53 Å². The summed E-state index contributed by atoms with van der Waals surface area (Å²) in [4.78, 5) is 22.5. The zero-order valence-electron chi connectivity index (χ0n) is 14.4. The van der Waals surface area contributed by atoms with Crippen LogP contribution >= 0.6 is 15.9 Å². The number of nitrogens with one attached hydrogen (secondary N) is 1. The molecule has 1 aliphatic rings. The van der Waals surface area contributed by atoms with Crippen LogP contribution in [0.4, 0.5) is 16.6 Å². The Morgan fingerprint density at radius 2 is 1.96 bits per heavy atom. The van der Waals surface area contributed by atoms with Gasteiger partial charge >= 0.3 is 6.09 Å². The Kier molecular flexibility index (Phi) is 5.22. The van der Waals surface area contributed by atoms with E-state index in [-0.39, 0.29) is 24.1 Å². The number of ether oxygens (including phenoxy) is 1. The first-order chi connectivity index (χ1) is 12.0. The lowest BCUT2D eigenvalue weighted by atomic mass is 10.0. The van der Waals surface area contributed by atoms with Crippen molar-refractivity contribution >= 4 is 33.8 Å². The molecule has 6 nitrogen and oxygen atoms in total. The van der Waals surface area contributed by atoms with Crippen molar-refractivity contribution in [2.45, 2.75) is 32.9 Å². The van der Waals surface area contributed by atoms with E-state index >= 15 is 0 Å². The predicted molar refractivity (Wildman–Crippen MR) is 101 cm³/mol. The van der Waals surface area contributed by atoms with Gasteiger partial charge in [-0.05, 0) is 36.6 Å². The van der Waals surface area contributed by atoms with Crippen LogP contribution in [0.1, 0.15) is 32.4 Å². The highest BCUT2D eigenvalue weighted by atomic mass is 79.9. The topological polar surface area (TPSA) is 67.3 Å². The van der Waals surface area contributed by atoms with Gasteiger partial charge in [-0.2, -0.15) is 4.98 Å². The molecule has 0 spiro atoms. The molecule has 2 aromatic rings. The fourth-order valence-corrected chi connectivity index (χ4v) is 3.04. The molecule has 132 valence electrons. The number of rotatable bonds is 5.